The van der Waals surface area contributed by atoms with Gasteiger partial charge in [0.2, 0.25) is 5.91 Å². The van der Waals surface area contributed by atoms with Gasteiger partial charge in [-0.25, -0.2) is 0 Å². The SMILES string of the molecule is COc1ccc(Nc2ccc(CNC(=O)C3(N)CC3)cc2)cc1. The van der Waals surface area contributed by atoms with Gasteiger partial charge in [0.25, 0.3) is 0 Å². The van der Waals surface area contributed by atoms with Gasteiger partial charge in [0.1, 0.15) is 5.75 Å². The van der Waals surface area contributed by atoms with E-state index in [0.29, 0.717) is 6.54 Å². The number of methoxy groups -OCH3 is 1. The van der Waals surface area contributed by atoms with E-state index in [1.807, 2.05) is 48.5 Å². The van der Waals surface area contributed by atoms with Gasteiger partial charge in [0.15, 0.2) is 0 Å². The Hall–Kier alpha value is -2.53. The summed E-state index contributed by atoms with van der Waals surface area (Å²) in [5.74, 6) is 0.771. The summed E-state index contributed by atoms with van der Waals surface area (Å²) < 4.78 is 5.14. The van der Waals surface area contributed by atoms with Crippen LogP contribution < -0.4 is 21.1 Å². The molecule has 5 heteroatoms. The van der Waals surface area contributed by atoms with Crippen molar-refractivity contribution in [3.63, 3.8) is 0 Å². The number of rotatable bonds is 6. The highest BCUT2D eigenvalue weighted by Gasteiger charge is 2.45. The average molecular weight is 311 g/mol. The highest BCUT2D eigenvalue weighted by atomic mass is 16.5. The minimum Gasteiger partial charge on any atom is -0.497 e. The molecule has 0 heterocycles. The first-order chi connectivity index (χ1) is 11.1. The first kappa shape index (κ1) is 15.4. The molecule has 0 saturated heterocycles. The molecule has 0 aliphatic heterocycles. The fourth-order valence-electron chi connectivity index (χ4n) is 2.27. The number of benzene rings is 2. The van der Waals surface area contributed by atoms with Gasteiger partial charge in [-0.3, -0.25) is 4.79 Å². The molecular formula is C18H21N3O2. The average Bonchev–Trinajstić information content (AvgIpc) is 3.33. The third kappa shape index (κ3) is 3.81. The Morgan fingerprint density at radius 1 is 1.09 bits per heavy atom. The quantitative estimate of drug-likeness (QED) is 0.766. The second-order valence-corrected chi connectivity index (χ2v) is 5.89. The lowest BCUT2D eigenvalue weighted by atomic mass is 10.2. The third-order valence-electron chi connectivity index (χ3n) is 4.03. The Bertz CT molecular complexity index is 676. The zero-order valence-corrected chi connectivity index (χ0v) is 13.1. The number of carbonyl (C=O) groups excluding carboxylic acids is 1. The Morgan fingerprint density at radius 3 is 2.17 bits per heavy atom. The van der Waals surface area contributed by atoms with Crippen molar-refractivity contribution in [1.82, 2.24) is 5.32 Å². The highest BCUT2D eigenvalue weighted by Crippen LogP contribution is 2.32. The van der Waals surface area contributed by atoms with E-state index >= 15 is 0 Å². The summed E-state index contributed by atoms with van der Waals surface area (Å²) in [5, 5.41) is 6.20. The molecule has 1 fully saturated rings. The Balaban J connectivity index is 1.54. The number of nitrogens with one attached hydrogen (secondary N) is 2. The monoisotopic (exact) mass is 311 g/mol. The largest absolute Gasteiger partial charge is 0.497 e. The Kier molecular flexibility index (Phi) is 4.21. The molecule has 0 atom stereocenters. The van der Waals surface area contributed by atoms with E-state index in [1.165, 1.54) is 0 Å². The maximum Gasteiger partial charge on any atom is 0.240 e. The highest BCUT2D eigenvalue weighted by molar-refractivity contribution is 5.88. The van der Waals surface area contributed by atoms with Crippen LogP contribution in [0.15, 0.2) is 48.5 Å². The normalized spacial score (nSPS) is 14.9. The van der Waals surface area contributed by atoms with Crippen molar-refractivity contribution in [1.29, 1.82) is 0 Å². The molecule has 0 radical (unpaired) electrons. The second-order valence-electron chi connectivity index (χ2n) is 5.89. The summed E-state index contributed by atoms with van der Waals surface area (Å²) in [6.45, 7) is 0.501. The molecule has 1 aliphatic rings. The van der Waals surface area contributed by atoms with Crippen molar-refractivity contribution in [3.8, 4) is 5.75 Å². The predicted octanol–water partition coefficient (Wildman–Crippen LogP) is 2.55. The lowest BCUT2D eigenvalue weighted by molar-refractivity contribution is -0.123. The molecule has 120 valence electrons. The molecule has 2 aromatic rings. The van der Waals surface area contributed by atoms with Gasteiger partial charge in [-0.2, -0.15) is 0 Å². The van der Waals surface area contributed by atoms with E-state index in [0.717, 1.165) is 35.5 Å². The molecule has 1 amide bonds. The predicted molar refractivity (Wildman–Crippen MR) is 90.7 cm³/mol. The summed E-state index contributed by atoms with van der Waals surface area (Å²) in [6, 6.07) is 15.7. The van der Waals surface area contributed by atoms with Crippen molar-refractivity contribution >= 4 is 17.3 Å². The minimum atomic E-state index is -0.615. The van der Waals surface area contributed by atoms with Crippen LogP contribution in [0.2, 0.25) is 0 Å². The van der Waals surface area contributed by atoms with Crippen LogP contribution in [0.25, 0.3) is 0 Å². The maximum absolute atomic E-state index is 11.8. The van der Waals surface area contributed by atoms with Crippen molar-refractivity contribution in [3.05, 3.63) is 54.1 Å². The van der Waals surface area contributed by atoms with Gasteiger partial charge in [-0.05, 0) is 54.8 Å². The summed E-state index contributed by atoms with van der Waals surface area (Å²) in [7, 11) is 1.65. The molecule has 0 bridgehead atoms. The van der Waals surface area contributed by atoms with Crippen LogP contribution in [-0.4, -0.2) is 18.6 Å². The molecule has 23 heavy (non-hydrogen) atoms. The molecule has 0 aromatic heterocycles. The summed E-state index contributed by atoms with van der Waals surface area (Å²) >= 11 is 0. The molecule has 5 nitrogen and oxygen atoms in total. The number of carbonyl (C=O) groups is 1. The molecule has 0 unspecified atom stereocenters. The van der Waals surface area contributed by atoms with E-state index in [1.54, 1.807) is 7.11 Å². The van der Waals surface area contributed by atoms with Gasteiger partial charge in [-0.15, -0.1) is 0 Å². The first-order valence-corrected chi connectivity index (χ1v) is 7.66. The number of anilines is 2. The lowest BCUT2D eigenvalue weighted by Crippen LogP contribution is -2.42. The van der Waals surface area contributed by atoms with Crippen LogP contribution in [0.1, 0.15) is 18.4 Å². The topological polar surface area (TPSA) is 76.4 Å². The number of nitrogens with two attached hydrogens (primary N) is 1. The smallest absolute Gasteiger partial charge is 0.240 e. The van der Waals surface area contributed by atoms with Crippen LogP contribution in [0, 0.1) is 0 Å². The molecule has 0 spiro atoms. The van der Waals surface area contributed by atoms with Crippen LogP contribution in [-0.2, 0) is 11.3 Å². The zero-order chi connectivity index (χ0) is 16.3. The second kappa shape index (κ2) is 6.30. The molecule has 1 aliphatic carbocycles. The Labute approximate surface area is 135 Å². The van der Waals surface area contributed by atoms with Crippen LogP contribution >= 0.6 is 0 Å². The van der Waals surface area contributed by atoms with Crippen molar-refractivity contribution in [2.75, 3.05) is 12.4 Å². The molecule has 4 N–H and O–H groups in total. The van der Waals surface area contributed by atoms with Crippen molar-refractivity contribution < 1.29 is 9.53 Å². The van der Waals surface area contributed by atoms with Crippen LogP contribution in [0.3, 0.4) is 0 Å². The lowest BCUT2D eigenvalue weighted by Gasteiger charge is -2.11. The van der Waals surface area contributed by atoms with Gasteiger partial charge in [0, 0.05) is 17.9 Å². The maximum atomic E-state index is 11.8. The molecule has 2 aromatic carbocycles. The van der Waals surface area contributed by atoms with Crippen LogP contribution in [0.4, 0.5) is 11.4 Å². The summed E-state index contributed by atoms with van der Waals surface area (Å²) in [5.41, 5.74) is 8.26. The van der Waals surface area contributed by atoms with Gasteiger partial charge in [0.05, 0.1) is 12.6 Å². The molecule has 3 rings (SSSR count). The fraction of sp³-hybridized carbons (Fsp3) is 0.278. The number of ether oxygens (including phenoxy) is 1. The van der Waals surface area contributed by atoms with Gasteiger partial charge < -0.3 is 21.1 Å². The third-order valence-corrected chi connectivity index (χ3v) is 4.03. The number of amides is 1. The van der Waals surface area contributed by atoms with Gasteiger partial charge >= 0.3 is 0 Å². The number of hydrogen-bond donors (Lipinski definition) is 3. The molecular weight excluding hydrogens is 290 g/mol. The minimum absolute atomic E-state index is 0.0575. The van der Waals surface area contributed by atoms with E-state index in [-0.39, 0.29) is 5.91 Å². The van der Waals surface area contributed by atoms with Crippen molar-refractivity contribution in [2.45, 2.75) is 24.9 Å². The van der Waals surface area contributed by atoms with Crippen LogP contribution in [0.5, 0.6) is 5.75 Å². The van der Waals surface area contributed by atoms with E-state index in [4.69, 9.17) is 10.5 Å². The van der Waals surface area contributed by atoms with Crippen molar-refractivity contribution in [2.24, 2.45) is 5.73 Å². The zero-order valence-electron chi connectivity index (χ0n) is 13.1. The first-order valence-electron chi connectivity index (χ1n) is 7.66. The van der Waals surface area contributed by atoms with Gasteiger partial charge in [-0.1, -0.05) is 12.1 Å². The Morgan fingerprint density at radius 2 is 1.65 bits per heavy atom. The van der Waals surface area contributed by atoms with E-state index in [9.17, 15) is 4.79 Å². The standard InChI is InChI=1S/C18H21N3O2/c1-23-16-8-6-15(7-9-16)21-14-4-2-13(3-5-14)12-20-17(22)18(19)10-11-18/h2-9,21H,10-12,19H2,1H3,(H,20,22). The fourth-order valence-corrected chi connectivity index (χ4v) is 2.27. The summed E-state index contributed by atoms with van der Waals surface area (Å²) in [6.07, 6.45) is 1.56. The number of hydrogen-bond acceptors (Lipinski definition) is 4. The van der Waals surface area contributed by atoms with E-state index < -0.39 is 5.54 Å². The summed E-state index contributed by atoms with van der Waals surface area (Å²) in [4.78, 5) is 11.8. The molecule has 1 saturated carbocycles. The van der Waals surface area contributed by atoms with E-state index in [2.05, 4.69) is 10.6 Å².